The molecule has 0 aromatic heterocycles. The van der Waals surface area contributed by atoms with Gasteiger partial charge in [-0.3, -0.25) is 4.79 Å². The number of hydrogen-bond donors (Lipinski definition) is 1. The Kier molecular flexibility index (Phi) is 7.85. The van der Waals surface area contributed by atoms with E-state index in [9.17, 15) is 4.79 Å². The summed E-state index contributed by atoms with van der Waals surface area (Å²) in [5, 5.41) is 3.77. The monoisotopic (exact) mass is 391 g/mol. The molecule has 2 aromatic rings. The van der Waals surface area contributed by atoms with E-state index in [0.717, 1.165) is 34.6 Å². The van der Waals surface area contributed by atoms with Crippen LogP contribution in [0.25, 0.3) is 0 Å². The summed E-state index contributed by atoms with van der Waals surface area (Å²) in [6.45, 7) is 6.13. The Morgan fingerprint density at radius 3 is 2.38 bits per heavy atom. The first kappa shape index (κ1) is 20.7. The average Bonchev–Trinajstić information content (AvgIpc) is 2.65. The molecule has 0 spiro atoms. The quantitative estimate of drug-likeness (QED) is 0.578. The molecule has 0 heterocycles. The molecule has 0 saturated heterocycles. The highest BCUT2D eigenvalue weighted by Crippen LogP contribution is 2.29. The van der Waals surface area contributed by atoms with Gasteiger partial charge in [-0.2, -0.15) is 0 Å². The second kappa shape index (κ2) is 9.89. The van der Waals surface area contributed by atoms with Crippen LogP contribution >= 0.6 is 23.4 Å². The van der Waals surface area contributed by atoms with Crippen molar-refractivity contribution in [3.8, 4) is 5.75 Å². The first-order chi connectivity index (χ1) is 12.5. The number of methoxy groups -OCH3 is 1. The van der Waals surface area contributed by atoms with Crippen molar-refractivity contribution in [3.05, 3.63) is 58.6 Å². The lowest BCUT2D eigenvalue weighted by Crippen LogP contribution is -2.35. The first-order valence-corrected chi connectivity index (χ1v) is 10.1. The summed E-state index contributed by atoms with van der Waals surface area (Å²) >= 11 is 7.51. The van der Waals surface area contributed by atoms with E-state index in [-0.39, 0.29) is 17.2 Å². The van der Waals surface area contributed by atoms with Gasteiger partial charge in [-0.25, -0.2) is 0 Å². The fourth-order valence-corrected chi connectivity index (χ4v) is 3.89. The van der Waals surface area contributed by atoms with Gasteiger partial charge in [0.15, 0.2) is 0 Å². The van der Waals surface area contributed by atoms with Gasteiger partial charge in [-0.15, -0.1) is 11.8 Å². The molecule has 0 aliphatic rings. The number of thioether (sulfide) groups is 1. The topological polar surface area (TPSA) is 38.3 Å². The molecule has 0 saturated carbocycles. The third-order valence-electron chi connectivity index (χ3n) is 4.30. The minimum Gasteiger partial charge on any atom is -0.496 e. The van der Waals surface area contributed by atoms with E-state index < -0.39 is 0 Å². The van der Waals surface area contributed by atoms with Crippen LogP contribution in [-0.4, -0.2) is 18.3 Å². The van der Waals surface area contributed by atoms with Crippen LogP contribution in [0.15, 0.2) is 47.4 Å². The van der Waals surface area contributed by atoms with E-state index in [1.54, 1.807) is 18.9 Å². The summed E-state index contributed by atoms with van der Waals surface area (Å²) < 4.78 is 5.32. The molecule has 0 aliphatic heterocycles. The van der Waals surface area contributed by atoms with Crippen LogP contribution in [0.5, 0.6) is 5.75 Å². The zero-order valence-electron chi connectivity index (χ0n) is 15.7. The van der Waals surface area contributed by atoms with Crippen LogP contribution in [0.1, 0.15) is 43.9 Å². The van der Waals surface area contributed by atoms with Gasteiger partial charge in [0.1, 0.15) is 5.75 Å². The number of ether oxygens (including phenoxy) is 1. The van der Waals surface area contributed by atoms with Gasteiger partial charge < -0.3 is 10.1 Å². The molecule has 5 heteroatoms. The van der Waals surface area contributed by atoms with Crippen molar-refractivity contribution in [1.29, 1.82) is 0 Å². The predicted octanol–water partition coefficient (Wildman–Crippen LogP) is 5.80. The van der Waals surface area contributed by atoms with Crippen molar-refractivity contribution in [2.45, 2.75) is 49.8 Å². The highest BCUT2D eigenvalue weighted by Gasteiger charge is 2.21. The maximum Gasteiger partial charge on any atom is 0.233 e. The van der Waals surface area contributed by atoms with Gasteiger partial charge in [0.05, 0.1) is 18.4 Å². The SMILES string of the molecule is CC[C@H](Sc1ccc(Cl)cc1)C(=O)N[C@H](CC)c1ccc(OC)c(C)c1. The van der Waals surface area contributed by atoms with Crippen molar-refractivity contribution in [3.63, 3.8) is 0 Å². The van der Waals surface area contributed by atoms with Gasteiger partial charge in [0, 0.05) is 9.92 Å². The van der Waals surface area contributed by atoms with Gasteiger partial charge >= 0.3 is 0 Å². The molecule has 0 radical (unpaired) electrons. The minimum absolute atomic E-state index is 0.00743. The molecule has 1 N–H and O–H groups in total. The fourth-order valence-electron chi connectivity index (χ4n) is 2.80. The van der Waals surface area contributed by atoms with Crippen LogP contribution in [0, 0.1) is 6.92 Å². The minimum atomic E-state index is -0.135. The van der Waals surface area contributed by atoms with Crippen molar-refractivity contribution < 1.29 is 9.53 Å². The number of rotatable bonds is 8. The molecule has 0 unspecified atom stereocenters. The third kappa shape index (κ3) is 5.42. The summed E-state index contributed by atoms with van der Waals surface area (Å²) in [5.74, 6) is 0.924. The zero-order valence-corrected chi connectivity index (χ0v) is 17.3. The number of halogens is 1. The summed E-state index contributed by atoms with van der Waals surface area (Å²) in [5.41, 5.74) is 2.17. The Labute approximate surface area is 165 Å². The van der Waals surface area contributed by atoms with E-state index in [1.165, 1.54) is 0 Å². The number of carbonyl (C=O) groups excluding carboxylic acids is 1. The average molecular weight is 392 g/mol. The molecule has 2 atom stereocenters. The Balaban J connectivity index is 2.08. The van der Waals surface area contributed by atoms with Crippen LogP contribution in [-0.2, 0) is 4.79 Å². The number of nitrogens with one attached hydrogen (secondary N) is 1. The summed E-state index contributed by atoms with van der Waals surface area (Å²) in [7, 11) is 1.67. The molecule has 0 bridgehead atoms. The smallest absolute Gasteiger partial charge is 0.233 e. The van der Waals surface area contributed by atoms with Crippen LogP contribution in [0.4, 0.5) is 0 Å². The van der Waals surface area contributed by atoms with Crippen molar-refractivity contribution in [2.75, 3.05) is 7.11 Å². The number of aryl methyl sites for hydroxylation is 1. The van der Waals surface area contributed by atoms with E-state index >= 15 is 0 Å². The van der Waals surface area contributed by atoms with Gasteiger partial charge in [-0.05, 0) is 61.2 Å². The highest BCUT2D eigenvalue weighted by molar-refractivity contribution is 8.00. The largest absolute Gasteiger partial charge is 0.496 e. The van der Waals surface area contributed by atoms with E-state index in [1.807, 2.05) is 50.2 Å². The molecule has 2 rings (SSSR count). The van der Waals surface area contributed by atoms with Crippen molar-refractivity contribution >= 4 is 29.3 Å². The molecule has 3 nitrogen and oxygen atoms in total. The second-order valence-electron chi connectivity index (χ2n) is 6.17. The number of amides is 1. The lowest BCUT2D eigenvalue weighted by atomic mass is 10.0. The molecular formula is C21H26ClNO2S. The lowest BCUT2D eigenvalue weighted by molar-refractivity contribution is -0.121. The Hall–Kier alpha value is -1.65. The van der Waals surface area contributed by atoms with Crippen LogP contribution in [0.3, 0.4) is 0 Å². The molecule has 26 heavy (non-hydrogen) atoms. The van der Waals surface area contributed by atoms with Crippen LogP contribution in [0.2, 0.25) is 5.02 Å². The molecule has 0 fully saturated rings. The fraction of sp³-hybridized carbons (Fsp3) is 0.381. The summed E-state index contributed by atoms with van der Waals surface area (Å²) in [4.78, 5) is 13.9. The molecule has 140 valence electrons. The van der Waals surface area contributed by atoms with Gasteiger partial charge in [0.2, 0.25) is 5.91 Å². The standard InChI is InChI=1S/C21H26ClNO2S/c1-5-18(15-7-12-19(25-4)14(3)13-15)23-21(24)20(6-2)26-17-10-8-16(22)9-11-17/h7-13,18,20H,5-6H2,1-4H3,(H,23,24)/t18-,20+/m1/s1. The van der Waals surface area contributed by atoms with Crippen molar-refractivity contribution in [1.82, 2.24) is 5.32 Å². The Morgan fingerprint density at radius 1 is 1.15 bits per heavy atom. The molecule has 0 aliphatic carbocycles. The molecule has 1 amide bonds. The second-order valence-corrected chi connectivity index (χ2v) is 7.88. The van der Waals surface area contributed by atoms with Gasteiger partial charge in [-0.1, -0.05) is 37.6 Å². The van der Waals surface area contributed by atoms with E-state index in [4.69, 9.17) is 16.3 Å². The zero-order chi connectivity index (χ0) is 19.1. The number of hydrogen-bond acceptors (Lipinski definition) is 3. The maximum atomic E-state index is 12.8. The summed E-state index contributed by atoms with van der Waals surface area (Å²) in [6.07, 6.45) is 1.59. The van der Waals surface area contributed by atoms with E-state index in [2.05, 4.69) is 18.3 Å². The van der Waals surface area contributed by atoms with E-state index in [0.29, 0.717) is 5.02 Å². The summed E-state index contributed by atoms with van der Waals surface area (Å²) in [6, 6.07) is 13.7. The first-order valence-electron chi connectivity index (χ1n) is 8.85. The van der Waals surface area contributed by atoms with Crippen LogP contribution < -0.4 is 10.1 Å². The predicted molar refractivity (Wildman–Crippen MR) is 110 cm³/mol. The number of benzene rings is 2. The van der Waals surface area contributed by atoms with Gasteiger partial charge in [0.25, 0.3) is 0 Å². The molecular weight excluding hydrogens is 366 g/mol. The Morgan fingerprint density at radius 2 is 1.85 bits per heavy atom. The maximum absolute atomic E-state index is 12.8. The third-order valence-corrected chi connectivity index (χ3v) is 5.93. The normalized spacial score (nSPS) is 13.1. The highest BCUT2D eigenvalue weighted by atomic mass is 35.5. The van der Waals surface area contributed by atoms with Crippen molar-refractivity contribution in [2.24, 2.45) is 0 Å². The molecule has 2 aromatic carbocycles. The lowest BCUT2D eigenvalue weighted by Gasteiger charge is -2.22. The Bertz CT molecular complexity index is 733. The number of carbonyl (C=O) groups is 1.